The van der Waals surface area contributed by atoms with Crippen LogP contribution in [0.4, 0.5) is 0 Å². The summed E-state index contributed by atoms with van der Waals surface area (Å²) in [5.74, 6) is 0.683. The lowest BCUT2D eigenvalue weighted by atomic mass is 9.82. The molecule has 1 aliphatic carbocycles. The molecule has 0 bridgehead atoms. The molecular formula is C57H38N2O. The molecule has 0 spiro atoms. The maximum atomic E-state index is 6.31. The molecule has 0 aliphatic heterocycles. The molecule has 0 unspecified atom stereocenters. The van der Waals surface area contributed by atoms with Crippen molar-refractivity contribution in [1.82, 2.24) is 9.97 Å². The van der Waals surface area contributed by atoms with Crippen molar-refractivity contribution in [3.05, 3.63) is 205 Å². The average Bonchev–Trinajstić information content (AvgIpc) is 3.80. The van der Waals surface area contributed by atoms with E-state index in [0.717, 1.165) is 55.4 Å². The Morgan fingerprint density at radius 1 is 0.383 bits per heavy atom. The Labute approximate surface area is 348 Å². The molecule has 9 aromatic carbocycles. The number of hydrogen-bond acceptors (Lipinski definition) is 3. The van der Waals surface area contributed by atoms with E-state index < -0.39 is 0 Å². The first-order valence-corrected chi connectivity index (χ1v) is 20.6. The number of aromatic nitrogens is 2. The van der Waals surface area contributed by atoms with Gasteiger partial charge in [-0.2, -0.15) is 0 Å². The van der Waals surface area contributed by atoms with E-state index in [1.165, 1.54) is 60.7 Å². The number of nitrogens with zero attached hydrogens (tertiary/aromatic N) is 2. The van der Waals surface area contributed by atoms with Crippen LogP contribution in [0.25, 0.3) is 111 Å². The van der Waals surface area contributed by atoms with Crippen LogP contribution < -0.4 is 0 Å². The molecule has 3 nitrogen and oxygen atoms in total. The molecule has 3 heteroatoms. The predicted octanol–water partition coefficient (Wildman–Crippen LogP) is 15.3. The third kappa shape index (κ3) is 5.29. The second-order valence-electron chi connectivity index (χ2n) is 16.5. The first-order valence-electron chi connectivity index (χ1n) is 20.6. The fraction of sp³-hybridized carbons (Fsp3) is 0.0526. The number of hydrogen-bond donors (Lipinski definition) is 0. The van der Waals surface area contributed by atoms with Gasteiger partial charge in [0.25, 0.3) is 0 Å². The van der Waals surface area contributed by atoms with Crippen molar-refractivity contribution in [2.45, 2.75) is 19.3 Å². The molecule has 0 N–H and O–H groups in total. The Hall–Kier alpha value is -7.62. The molecule has 2 aromatic heterocycles. The van der Waals surface area contributed by atoms with Crippen LogP contribution in [-0.2, 0) is 5.41 Å². The maximum Gasteiger partial charge on any atom is 0.160 e. The highest BCUT2D eigenvalue weighted by Gasteiger charge is 2.36. The summed E-state index contributed by atoms with van der Waals surface area (Å²) >= 11 is 0. The summed E-state index contributed by atoms with van der Waals surface area (Å²) in [5, 5.41) is 7.04. The molecule has 282 valence electrons. The summed E-state index contributed by atoms with van der Waals surface area (Å²) in [6.45, 7) is 4.71. The van der Waals surface area contributed by atoms with Crippen molar-refractivity contribution in [3.63, 3.8) is 0 Å². The van der Waals surface area contributed by atoms with Crippen molar-refractivity contribution >= 4 is 43.5 Å². The van der Waals surface area contributed by atoms with Crippen LogP contribution in [0.2, 0.25) is 0 Å². The Kier molecular flexibility index (Phi) is 7.58. The van der Waals surface area contributed by atoms with Gasteiger partial charge in [0.1, 0.15) is 11.2 Å². The van der Waals surface area contributed by atoms with Gasteiger partial charge in [-0.15, -0.1) is 0 Å². The van der Waals surface area contributed by atoms with Gasteiger partial charge in [-0.25, -0.2) is 9.97 Å². The minimum Gasteiger partial charge on any atom is -0.456 e. The third-order valence-corrected chi connectivity index (χ3v) is 12.7. The van der Waals surface area contributed by atoms with E-state index in [0.29, 0.717) is 5.82 Å². The SMILES string of the molecule is CC1(C)c2ccc(-c3cccc(-c4ccc(-c5cc(-c6cccc7oc8ccccc8c67)nc(-c6ccccc6)n5)c5ccccc45)c3)cc2-c2c1ccc1ccccc21. The Balaban J connectivity index is 0.997. The molecule has 0 amide bonds. The fourth-order valence-electron chi connectivity index (χ4n) is 9.77. The lowest BCUT2D eigenvalue weighted by Crippen LogP contribution is -2.14. The second kappa shape index (κ2) is 13.2. The zero-order valence-corrected chi connectivity index (χ0v) is 33.3. The van der Waals surface area contributed by atoms with Crippen LogP contribution in [0.1, 0.15) is 25.0 Å². The number of rotatable bonds is 5. The van der Waals surface area contributed by atoms with Crippen molar-refractivity contribution < 1.29 is 4.42 Å². The predicted molar refractivity (Wildman–Crippen MR) is 249 cm³/mol. The van der Waals surface area contributed by atoms with Crippen molar-refractivity contribution in [1.29, 1.82) is 0 Å². The van der Waals surface area contributed by atoms with E-state index in [4.69, 9.17) is 14.4 Å². The smallest absolute Gasteiger partial charge is 0.160 e. The zero-order valence-electron chi connectivity index (χ0n) is 33.3. The molecule has 1 aliphatic rings. The molecule has 0 atom stereocenters. The second-order valence-corrected chi connectivity index (χ2v) is 16.5. The van der Waals surface area contributed by atoms with E-state index in [1.54, 1.807) is 0 Å². The minimum atomic E-state index is -0.0665. The molecule has 0 saturated heterocycles. The van der Waals surface area contributed by atoms with Crippen LogP contribution >= 0.6 is 0 Å². The minimum absolute atomic E-state index is 0.0665. The first-order chi connectivity index (χ1) is 29.5. The van der Waals surface area contributed by atoms with Gasteiger partial charge in [0.05, 0.1) is 11.4 Å². The number of benzene rings is 9. The van der Waals surface area contributed by atoms with E-state index in [1.807, 2.05) is 42.5 Å². The third-order valence-electron chi connectivity index (χ3n) is 12.7. The largest absolute Gasteiger partial charge is 0.456 e. The van der Waals surface area contributed by atoms with E-state index in [-0.39, 0.29) is 5.41 Å². The maximum absolute atomic E-state index is 6.31. The summed E-state index contributed by atoms with van der Waals surface area (Å²) in [6.07, 6.45) is 0. The van der Waals surface area contributed by atoms with Crippen LogP contribution in [0.5, 0.6) is 0 Å². The standard InChI is InChI=1S/C57H38N2O/c1-57(2)48-30-27-38(33-47(48)54-41-19-7-6-14-35(41)26-31-49(54)57)37-17-12-18-39(32-37)40-28-29-44(43-21-9-8-20-42(40)43)50-34-51(59-56(58-50)36-15-4-3-5-16-36)45-23-13-25-53-55(45)46-22-10-11-24-52(46)60-53/h3-34H,1-2H3. The highest BCUT2D eigenvalue weighted by Crippen LogP contribution is 2.52. The van der Waals surface area contributed by atoms with Crippen LogP contribution in [0.3, 0.4) is 0 Å². The number of fused-ring (bicyclic) bond motifs is 9. The summed E-state index contributed by atoms with van der Waals surface area (Å²) in [7, 11) is 0. The van der Waals surface area contributed by atoms with Gasteiger partial charge in [-0.1, -0.05) is 178 Å². The molecule has 0 radical (unpaired) electrons. The van der Waals surface area contributed by atoms with Gasteiger partial charge in [0.15, 0.2) is 5.82 Å². The normalized spacial score (nSPS) is 13.0. The van der Waals surface area contributed by atoms with Crippen LogP contribution in [-0.4, -0.2) is 9.97 Å². The van der Waals surface area contributed by atoms with E-state index in [9.17, 15) is 0 Å². The Bertz CT molecular complexity index is 3520. The summed E-state index contributed by atoms with van der Waals surface area (Å²) < 4.78 is 6.31. The van der Waals surface area contributed by atoms with Gasteiger partial charge in [0.2, 0.25) is 0 Å². The molecule has 60 heavy (non-hydrogen) atoms. The topological polar surface area (TPSA) is 38.9 Å². The van der Waals surface area contributed by atoms with Gasteiger partial charge >= 0.3 is 0 Å². The van der Waals surface area contributed by atoms with Crippen LogP contribution in [0.15, 0.2) is 199 Å². The van der Waals surface area contributed by atoms with E-state index in [2.05, 4.69) is 166 Å². The molecule has 12 rings (SSSR count). The average molecular weight is 767 g/mol. The van der Waals surface area contributed by atoms with Crippen molar-refractivity contribution in [2.24, 2.45) is 0 Å². The first kappa shape index (κ1) is 34.4. The van der Waals surface area contributed by atoms with Crippen LogP contribution in [0, 0.1) is 0 Å². The Morgan fingerprint density at radius 3 is 1.85 bits per heavy atom. The van der Waals surface area contributed by atoms with Crippen molar-refractivity contribution in [2.75, 3.05) is 0 Å². The summed E-state index contributed by atoms with van der Waals surface area (Å²) in [4.78, 5) is 10.5. The Morgan fingerprint density at radius 2 is 1.00 bits per heavy atom. The van der Waals surface area contributed by atoms with E-state index >= 15 is 0 Å². The molecular weight excluding hydrogens is 729 g/mol. The highest BCUT2D eigenvalue weighted by molar-refractivity contribution is 6.12. The van der Waals surface area contributed by atoms with Crippen molar-refractivity contribution in [3.8, 4) is 67.3 Å². The summed E-state index contributed by atoms with van der Waals surface area (Å²) in [5.41, 5.74) is 16.7. The van der Waals surface area contributed by atoms with Gasteiger partial charge in [0, 0.05) is 32.9 Å². The van der Waals surface area contributed by atoms with Gasteiger partial charge in [-0.3, -0.25) is 0 Å². The monoisotopic (exact) mass is 766 g/mol. The lowest BCUT2D eigenvalue weighted by molar-refractivity contribution is 0.661. The molecule has 0 saturated carbocycles. The van der Waals surface area contributed by atoms with Gasteiger partial charge in [-0.05, 0) is 96.4 Å². The lowest BCUT2D eigenvalue weighted by Gasteiger charge is -2.21. The summed E-state index contributed by atoms with van der Waals surface area (Å²) in [6, 6.07) is 69.5. The zero-order chi connectivity index (χ0) is 40.0. The number of furan rings is 1. The molecule has 0 fully saturated rings. The number of para-hydroxylation sites is 1. The molecule has 11 aromatic rings. The quantitative estimate of drug-likeness (QED) is 0.175. The molecule has 2 heterocycles. The fourth-order valence-corrected chi connectivity index (χ4v) is 9.77. The highest BCUT2D eigenvalue weighted by atomic mass is 16.3. The van der Waals surface area contributed by atoms with Gasteiger partial charge < -0.3 is 4.42 Å².